The molecule has 3 heterocycles. The van der Waals surface area contributed by atoms with Crippen LogP contribution < -0.4 is 9.80 Å². The molecule has 0 radical (unpaired) electrons. The van der Waals surface area contributed by atoms with Crippen molar-refractivity contribution in [2.24, 2.45) is 11.8 Å². The van der Waals surface area contributed by atoms with Gasteiger partial charge in [0.25, 0.3) is 0 Å². The van der Waals surface area contributed by atoms with Gasteiger partial charge in [0.15, 0.2) is 6.04 Å². The number of hydrogen-bond acceptors (Lipinski definition) is 3. The summed E-state index contributed by atoms with van der Waals surface area (Å²) < 4.78 is 0. The maximum atomic E-state index is 13.4. The lowest BCUT2D eigenvalue weighted by atomic mass is 9.86. The van der Waals surface area contributed by atoms with Crippen LogP contribution in [-0.4, -0.2) is 29.7 Å². The van der Waals surface area contributed by atoms with Gasteiger partial charge in [-0.1, -0.05) is 63.2 Å². The largest absolute Gasteiger partial charge is 0.315 e. The molecule has 5 nitrogen and oxygen atoms in total. The molecule has 2 aromatic carbocycles. The van der Waals surface area contributed by atoms with E-state index in [9.17, 15) is 14.4 Å². The van der Waals surface area contributed by atoms with Gasteiger partial charge < -0.3 is 4.90 Å². The molecule has 5 heteroatoms. The van der Waals surface area contributed by atoms with Crippen LogP contribution in [-0.2, 0) is 26.3 Å². The summed E-state index contributed by atoms with van der Waals surface area (Å²) in [7, 11) is 0. The minimum Gasteiger partial charge on any atom is -0.315 e. The number of fused-ring (bicyclic) bond motifs is 5. The standard InChI is InChI=1S/C26H26N2O3/c1-26(2,3)17-11-9-16(10-12-17)15-27-19-13-14-20(29)23(27)22-21(19)24(30)28(25(22)31)18-7-5-4-6-8-18/h4-14,19,21-23H,15H2,1-3H3/p+1/t19-,21-,22+,23+/m1/s1. The molecule has 2 aromatic rings. The molecule has 1 unspecified atom stereocenters. The number of anilines is 1. The van der Waals surface area contributed by atoms with Gasteiger partial charge >= 0.3 is 0 Å². The van der Waals surface area contributed by atoms with Crippen molar-refractivity contribution in [2.75, 3.05) is 4.90 Å². The highest BCUT2D eigenvalue weighted by Gasteiger charge is 2.67. The average Bonchev–Trinajstić information content (AvgIpc) is 3.12. The number of imide groups is 1. The lowest BCUT2D eigenvalue weighted by Gasteiger charge is -2.30. The molecule has 158 valence electrons. The van der Waals surface area contributed by atoms with E-state index in [2.05, 4.69) is 45.0 Å². The van der Waals surface area contributed by atoms with Gasteiger partial charge in [0, 0.05) is 5.56 Å². The molecule has 5 rings (SSSR count). The second kappa shape index (κ2) is 6.99. The van der Waals surface area contributed by atoms with E-state index in [-0.39, 0.29) is 29.1 Å². The third-order valence-electron chi connectivity index (χ3n) is 6.99. The van der Waals surface area contributed by atoms with E-state index in [1.165, 1.54) is 10.5 Å². The van der Waals surface area contributed by atoms with E-state index < -0.39 is 17.9 Å². The van der Waals surface area contributed by atoms with Crippen molar-refractivity contribution in [1.29, 1.82) is 0 Å². The van der Waals surface area contributed by atoms with Crippen LogP contribution in [0.2, 0.25) is 0 Å². The normalized spacial score (nSPS) is 29.6. The number of benzene rings is 2. The quantitative estimate of drug-likeness (QED) is 0.781. The highest BCUT2D eigenvalue weighted by molar-refractivity contribution is 6.24. The predicted octanol–water partition coefficient (Wildman–Crippen LogP) is 2.06. The third kappa shape index (κ3) is 3.07. The zero-order chi connectivity index (χ0) is 21.9. The third-order valence-corrected chi connectivity index (χ3v) is 6.99. The molecule has 5 atom stereocenters. The van der Waals surface area contributed by atoms with Crippen molar-refractivity contribution in [2.45, 2.75) is 44.8 Å². The average molecular weight is 416 g/mol. The number of nitrogens with one attached hydrogen (secondary N) is 1. The highest BCUT2D eigenvalue weighted by atomic mass is 16.2. The lowest BCUT2D eigenvalue weighted by Crippen LogP contribution is -3.18. The Morgan fingerprint density at radius 1 is 0.871 bits per heavy atom. The monoisotopic (exact) mass is 415 g/mol. The zero-order valence-electron chi connectivity index (χ0n) is 18.0. The van der Waals surface area contributed by atoms with Crippen molar-refractivity contribution in [3.63, 3.8) is 0 Å². The van der Waals surface area contributed by atoms with Crippen LogP contribution in [0.15, 0.2) is 66.7 Å². The van der Waals surface area contributed by atoms with Gasteiger partial charge in [-0.25, -0.2) is 4.90 Å². The molecule has 2 fully saturated rings. The minimum absolute atomic E-state index is 0.0545. The van der Waals surface area contributed by atoms with Crippen molar-refractivity contribution >= 4 is 23.3 Å². The number of hydrogen-bond donors (Lipinski definition) is 1. The molecule has 3 aliphatic rings. The van der Waals surface area contributed by atoms with E-state index in [0.29, 0.717) is 12.2 Å². The first-order chi connectivity index (χ1) is 14.8. The number of amides is 2. The van der Waals surface area contributed by atoms with Crippen LogP contribution in [0.1, 0.15) is 31.9 Å². The van der Waals surface area contributed by atoms with Crippen molar-refractivity contribution in [3.8, 4) is 0 Å². The van der Waals surface area contributed by atoms with Gasteiger partial charge in [-0.05, 0) is 35.3 Å². The van der Waals surface area contributed by atoms with Crippen LogP contribution in [0.5, 0.6) is 0 Å². The maximum Gasteiger partial charge on any atom is 0.244 e. The van der Waals surface area contributed by atoms with Gasteiger partial charge in [0.1, 0.15) is 24.4 Å². The van der Waals surface area contributed by atoms with E-state index in [1.54, 1.807) is 18.2 Å². The number of para-hydroxylation sites is 1. The number of carbonyl (C=O) groups excluding carboxylic acids is 3. The SMILES string of the molecule is CC(C)(C)c1ccc(C[NH+]2[C@@H]3C=CC(=O)[C@H]2[C@H]2C(=O)N(c4ccccc4)C(=O)[C@@H]23)cc1. The van der Waals surface area contributed by atoms with E-state index in [4.69, 9.17) is 0 Å². The van der Waals surface area contributed by atoms with Gasteiger partial charge in [0.05, 0.1) is 5.69 Å². The number of quaternary nitrogens is 1. The first kappa shape index (κ1) is 19.9. The minimum atomic E-state index is -0.593. The van der Waals surface area contributed by atoms with Gasteiger partial charge in [0.2, 0.25) is 17.6 Å². The topological polar surface area (TPSA) is 58.9 Å². The molecule has 0 aromatic heterocycles. The first-order valence-electron chi connectivity index (χ1n) is 10.9. The van der Waals surface area contributed by atoms with Crippen LogP contribution >= 0.6 is 0 Å². The van der Waals surface area contributed by atoms with Crippen molar-refractivity contribution in [3.05, 3.63) is 77.9 Å². The molecular weight excluding hydrogens is 388 g/mol. The first-order valence-corrected chi connectivity index (χ1v) is 10.9. The highest BCUT2D eigenvalue weighted by Crippen LogP contribution is 2.39. The number of rotatable bonds is 3. The Kier molecular flexibility index (Phi) is 4.48. The summed E-state index contributed by atoms with van der Waals surface area (Å²) >= 11 is 0. The molecule has 0 saturated carbocycles. The van der Waals surface area contributed by atoms with Crippen molar-refractivity contribution < 1.29 is 19.3 Å². The molecule has 0 aliphatic carbocycles. The fourth-order valence-electron chi connectivity index (χ4n) is 5.43. The van der Waals surface area contributed by atoms with Crippen LogP contribution in [0.25, 0.3) is 0 Å². The summed E-state index contributed by atoms with van der Waals surface area (Å²) in [6.07, 6.45) is 3.43. The molecule has 31 heavy (non-hydrogen) atoms. The summed E-state index contributed by atoms with van der Waals surface area (Å²) in [4.78, 5) is 41.9. The fraction of sp³-hybridized carbons (Fsp3) is 0.346. The number of ketones is 1. The van der Waals surface area contributed by atoms with Gasteiger partial charge in [-0.2, -0.15) is 0 Å². The van der Waals surface area contributed by atoms with Crippen LogP contribution in [0.3, 0.4) is 0 Å². The molecule has 2 bridgehead atoms. The molecular formula is C26H27N2O3+. The lowest BCUT2D eigenvalue weighted by molar-refractivity contribution is -0.937. The summed E-state index contributed by atoms with van der Waals surface area (Å²) in [6.45, 7) is 7.16. The Morgan fingerprint density at radius 2 is 1.52 bits per heavy atom. The zero-order valence-corrected chi connectivity index (χ0v) is 18.0. The molecule has 3 aliphatic heterocycles. The van der Waals surface area contributed by atoms with E-state index in [1.807, 2.05) is 24.3 Å². The maximum absolute atomic E-state index is 13.4. The molecule has 2 amide bonds. The summed E-state index contributed by atoms with van der Waals surface area (Å²) in [5.74, 6) is -1.56. The van der Waals surface area contributed by atoms with Gasteiger partial charge in [-0.3, -0.25) is 14.4 Å². The molecule has 0 spiro atoms. The summed E-state index contributed by atoms with van der Waals surface area (Å²) in [6, 6.07) is 16.8. The Hall–Kier alpha value is -3.05. The molecule has 2 saturated heterocycles. The summed E-state index contributed by atoms with van der Waals surface area (Å²) in [5, 5.41) is 0. The van der Waals surface area contributed by atoms with Crippen molar-refractivity contribution in [1.82, 2.24) is 0 Å². The second-order valence-corrected chi connectivity index (χ2v) is 9.86. The van der Waals surface area contributed by atoms with Crippen LogP contribution in [0, 0.1) is 11.8 Å². The Balaban J connectivity index is 1.46. The van der Waals surface area contributed by atoms with Crippen LogP contribution in [0.4, 0.5) is 5.69 Å². The summed E-state index contributed by atoms with van der Waals surface area (Å²) in [5.41, 5.74) is 3.02. The molecule has 1 N–H and O–H groups in total. The Labute approximate surface area is 182 Å². The Morgan fingerprint density at radius 3 is 2.16 bits per heavy atom. The number of carbonyl (C=O) groups is 3. The number of nitrogens with zero attached hydrogens (tertiary/aromatic N) is 1. The fourth-order valence-corrected chi connectivity index (χ4v) is 5.43. The van der Waals surface area contributed by atoms with Gasteiger partial charge in [-0.15, -0.1) is 0 Å². The Bertz CT molecular complexity index is 1080. The predicted molar refractivity (Wildman–Crippen MR) is 117 cm³/mol. The van der Waals surface area contributed by atoms with E-state index >= 15 is 0 Å². The van der Waals surface area contributed by atoms with E-state index in [0.717, 1.165) is 10.5 Å². The second-order valence-electron chi connectivity index (χ2n) is 9.86. The smallest absolute Gasteiger partial charge is 0.244 e.